The molecule has 4 N–H and O–H groups in total. The summed E-state index contributed by atoms with van der Waals surface area (Å²) in [5, 5.41) is 0. The predicted octanol–water partition coefficient (Wildman–Crippen LogP) is 1.27. The van der Waals surface area contributed by atoms with E-state index in [0.29, 0.717) is 18.5 Å². The summed E-state index contributed by atoms with van der Waals surface area (Å²) in [6.45, 7) is 2.62. The van der Waals surface area contributed by atoms with Gasteiger partial charge < -0.3 is 15.9 Å². The first-order valence-electron chi connectivity index (χ1n) is 6.70. The van der Waals surface area contributed by atoms with Gasteiger partial charge in [-0.15, -0.1) is 0 Å². The number of benzene rings is 1. The van der Waals surface area contributed by atoms with Crippen LogP contribution in [0.2, 0.25) is 0 Å². The molecule has 0 aliphatic rings. The quantitative estimate of drug-likeness (QED) is 0.829. The summed E-state index contributed by atoms with van der Waals surface area (Å²) in [5.41, 5.74) is 13.2. The van der Waals surface area contributed by atoms with Crippen LogP contribution in [-0.4, -0.2) is 10.5 Å². The zero-order valence-electron chi connectivity index (χ0n) is 11.5. The third kappa shape index (κ3) is 2.91. The predicted molar refractivity (Wildman–Crippen MR) is 76.1 cm³/mol. The van der Waals surface area contributed by atoms with Crippen LogP contribution in [0.4, 0.5) is 0 Å². The topological polar surface area (TPSA) is 104 Å². The highest BCUT2D eigenvalue weighted by Gasteiger charge is 2.13. The standard InChI is InChI=1S/C14H19N3O3/c1-2-7-17-11-5-3-9(8-12(11)20-14(17)19)10(15)4-6-13(16)18/h3,5,8,10H,2,4,6-7,15H2,1H3,(H2,16,18). The maximum atomic E-state index is 11.7. The molecule has 1 aromatic heterocycles. The third-order valence-corrected chi connectivity index (χ3v) is 3.27. The Morgan fingerprint density at radius 2 is 2.20 bits per heavy atom. The van der Waals surface area contributed by atoms with Crippen LogP contribution >= 0.6 is 0 Å². The van der Waals surface area contributed by atoms with Gasteiger partial charge >= 0.3 is 5.76 Å². The van der Waals surface area contributed by atoms with Gasteiger partial charge in [-0.2, -0.15) is 0 Å². The first-order chi connectivity index (χ1) is 9.52. The molecule has 6 nitrogen and oxygen atoms in total. The number of primary amides is 1. The van der Waals surface area contributed by atoms with Gasteiger partial charge in [0.1, 0.15) is 0 Å². The fourth-order valence-electron chi connectivity index (χ4n) is 2.21. The fraction of sp³-hybridized carbons (Fsp3) is 0.429. The van der Waals surface area contributed by atoms with Crippen molar-refractivity contribution in [3.8, 4) is 0 Å². The van der Waals surface area contributed by atoms with Crippen LogP contribution in [0.1, 0.15) is 37.8 Å². The van der Waals surface area contributed by atoms with Crippen LogP contribution in [0, 0.1) is 0 Å². The normalized spacial score (nSPS) is 12.7. The number of oxazole rings is 1. The van der Waals surface area contributed by atoms with Gasteiger partial charge in [0.05, 0.1) is 5.52 Å². The van der Waals surface area contributed by atoms with Crippen molar-refractivity contribution in [2.24, 2.45) is 11.5 Å². The first-order valence-corrected chi connectivity index (χ1v) is 6.70. The molecule has 0 bridgehead atoms. The van der Waals surface area contributed by atoms with Crippen molar-refractivity contribution >= 4 is 17.0 Å². The van der Waals surface area contributed by atoms with Gasteiger partial charge in [-0.25, -0.2) is 4.79 Å². The van der Waals surface area contributed by atoms with E-state index in [-0.39, 0.29) is 24.1 Å². The molecule has 0 aliphatic carbocycles. The molecule has 2 aromatic rings. The Hall–Kier alpha value is -2.08. The van der Waals surface area contributed by atoms with Crippen LogP contribution in [-0.2, 0) is 11.3 Å². The molecule has 108 valence electrons. The number of hydrogen-bond donors (Lipinski definition) is 2. The van der Waals surface area contributed by atoms with Gasteiger partial charge in [-0.1, -0.05) is 13.0 Å². The van der Waals surface area contributed by atoms with Crippen LogP contribution < -0.4 is 17.2 Å². The Bertz CT molecular complexity index is 672. The summed E-state index contributed by atoms with van der Waals surface area (Å²) in [7, 11) is 0. The molecule has 1 heterocycles. The molecule has 1 atom stereocenters. The smallest absolute Gasteiger partial charge is 0.408 e. The Kier molecular flexibility index (Phi) is 4.24. The summed E-state index contributed by atoms with van der Waals surface area (Å²) in [4.78, 5) is 22.5. The number of aryl methyl sites for hydroxylation is 1. The fourth-order valence-corrected chi connectivity index (χ4v) is 2.21. The highest BCUT2D eigenvalue weighted by Crippen LogP contribution is 2.21. The Morgan fingerprint density at radius 3 is 2.85 bits per heavy atom. The number of carbonyl (C=O) groups is 1. The lowest BCUT2D eigenvalue weighted by atomic mass is 10.0. The van der Waals surface area contributed by atoms with E-state index in [0.717, 1.165) is 17.5 Å². The number of amides is 1. The molecule has 1 aromatic carbocycles. The van der Waals surface area contributed by atoms with Gasteiger partial charge in [0.2, 0.25) is 5.91 Å². The van der Waals surface area contributed by atoms with E-state index >= 15 is 0 Å². The molecule has 1 unspecified atom stereocenters. The molecular weight excluding hydrogens is 258 g/mol. The molecule has 20 heavy (non-hydrogen) atoms. The maximum Gasteiger partial charge on any atom is 0.419 e. The van der Waals surface area contributed by atoms with E-state index in [1.54, 1.807) is 10.6 Å². The van der Waals surface area contributed by atoms with Crippen LogP contribution in [0.25, 0.3) is 11.1 Å². The van der Waals surface area contributed by atoms with E-state index in [9.17, 15) is 9.59 Å². The van der Waals surface area contributed by atoms with Crippen molar-refractivity contribution in [1.29, 1.82) is 0 Å². The van der Waals surface area contributed by atoms with Crippen LogP contribution in [0.15, 0.2) is 27.4 Å². The minimum absolute atomic E-state index is 0.236. The molecule has 0 radical (unpaired) electrons. The maximum absolute atomic E-state index is 11.7. The highest BCUT2D eigenvalue weighted by molar-refractivity contribution is 5.75. The van der Waals surface area contributed by atoms with Crippen molar-refractivity contribution < 1.29 is 9.21 Å². The SMILES string of the molecule is CCCn1c(=O)oc2cc(C(N)CCC(N)=O)ccc21. The Morgan fingerprint density at radius 1 is 1.45 bits per heavy atom. The van der Waals surface area contributed by atoms with Crippen molar-refractivity contribution in [2.45, 2.75) is 38.8 Å². The zero-order valence-corrected chi connectivity index (χ0v) is 11.5. The lowest BCUT2D eigenvalue weighted by Crippen LogP contribution is -2.16. The monoisotopic (exact) mass is 277 g/mol. The van der Waals surface area contributed by atoms with Gasteiger partial charge in [-0.3, -0.25) is 9.36 Å². The number of nitrogens with two attached hydrogens (primary N) is 2. The average Bonchev–Trinajstić information content (AvgIpc) is 2.72. The second kappa shape index (κ2) is 5.92. The average molecular weight is 277 g/mol. The van der Waals surface area contributed by atoms with Crippen molar-refractivity contribution in [3.05, 3.63) is 34.3 Å². The number of hydrogen-bond acceptors (Lipinski definition) is 4. The van der Waals surface area contributed by atoms with E-state index in [1.165, 1.54) is 0 Å². The van der Waals surface area contributed by atoms with Crippen LogP contribution in [0.3, 0.4) is 0 Å². The summed E-state index contributed by atoms with van der Waals surface area (Å²) >= 11 is 0. The highest BCUT2D eigenvalue weighted by atomic mass is 16.4. The van der Waals surface area contributed by atoms with E-state index in [2.05, 4.69) is 0 Å². The van der Waals surface area contributed by atoms with Crippen molar-refractivity contribution in [3.63, 3.8) is 0 Å². The number of fused-ring (bicyclic) bond motifs is 1. The molecule has 0 aliphatic heterocycles. The van der Waals surface area contributed by atoms with Gasteiger partial charge in [-0.05, 0) is 30.5 Å². The van der Waals surface area contributed by atoms with E-state index in [1.807, 2.05) is 19.1 Å². The molecule has 2 rings (SSSR count). The van der Waals surface area contributed by atoms with Crippen molar-refractivity contribution in [1.82, 2.24) is 4.57 Å². The summed E-state index contributed by atoms with van der Waals surface area (Å²) in [5.74, 6) is -0.730. The van der Waals surface area contributed by atoms with E-state index in [4.69, 9.17) is 15.9 Å². The number of nitrogens with zero attached hydrogens (tertiary/aromatic N) is 1. The summed E-state index contributed by atoms with van der Waals surface area (Å²) in [6.07, 6.45) is 1.56. The number of rotatable bonds is 6. The molecule has 0 fully saturated rings. The van der Waals surface area contributed by atoms with Crippen molar-refractivity contribution in [2.75, 3.05) is 0 Å². The summed E-state index contributed by atoms with van der Waals surface area (Å²) in [6, 6.07) is 5.14. The summed E-state index contributed by atoms with van der Waals surface area (Å²) < 4.78 is 6.83. The zero-order chi connectivity index (χ0) is 14.7. The third-order valence-electron chi connectivity index (χ3n) is 3.27. The van der Waals surface area contributed by atoms with Gasteiger partial charge in [0.25, 0.3) is 0 Å². The van der Waals surface area contributed by atoms with Gasteiger partial charge in [0, 0.05) is 19.0 Å². The Balaban J connectivity index is 2.30. The molecule has 1 amide bonds. The molecule has 6 heteroatoms. The van der Waals surface area contributed by atoms with Gasteiger partial charge in [0.15, 0.2) is 5.58 Å². The first kappa shape index (κ1) is 14.3. The molecular formula is C14H19N3O3. The lowest BCUT2D eigenvalue weighted by Gasteiger charge is -2.10. The minimum atomic E-state index is -0.373. The minimum Gasteiger partial charge on any atom is -0.408 e. The van der Waals surface area contributed by atoms with Crippen LogP contribution in [0.5, 0.6) is 0 Å². The second-order valence-electron chi connectivity index (χ2n) is 4.86. The lowest BCUT2D eigenvalue weighted by molar-refractivity contribution is -0.118. The molecule has 0 saturated carbocycles. The van der Waals surface area contributed by atoms with E-state index < -0.39 is 0 Å². The molecule has 0 spiro atoms. The molecule has 0 saturated heterocycles. The largest absolute Gasteiger partial charge is 0.419 e. The Labute approximate surface area is 116 Å². The second-order valence-corrected chi connectivity index (χ2v) is 4.86. The number of carbonyl (C=O) groups excluding carboxylic acids is 1. The number of aromatic nitrogens is 1.